The number of carbonyl (C=O) groups is 2. The smallest absolute Gasteiger partial charge is 0.334 e. The molecule has 0 unspecified atom stereocenters. The van der Waals surface area contributed by atoms with Gasteiger partial charge in [-0.2, -0.15) is 0 Å². The van der Waals surface area contributed by atoms with Gasteiger partial charge in [-0.3, -0.25) is 15.5 Å². The summed E-state index contributed by atoms with van der Waals surface area (Å²) in [6.07, 6.45) is 3.27. The highest BCUT2D eigenvalue weighted by Gasteiger charge is 2.20. The predicted octanol–water partition coefficient (Wildman–Crippen LogP) is 2.23. The molecule has 1 aromatic heterocycles. The summed E-state index contributed by atoms with van der Waals surface area (Å²) in [6, 6.07) is 4.25. The minimum Gasteiger partial charge on any atom is -0.508 e. The monoisotopic (exact) mass is 334 g/mol. The van der Waals surface area contributed by atoms with Crippen LogP contribution in [0.4, 0.5) is 9.80 Å². The maximum atomic E-state index is 12.1. The van der Waals surface area contributed by atoms with E-state index in [0.29, 0.717) is 15.1 Å². The van der Waals surface area contributed by atoms with Gasteiger partial charge in [0.05, 0.1) is 5.56 Å². The van der Waals surface area contributed by atoms with Gasteiger partial charge in [0.1, 0.15) is 10.8 Å². The minimum atomic E-state index is -0.616. The van der Waals surface area contributed by atoms with Crippen LogP contribution in [0, 0.1) is 0 Å². The molecule has 0 atom stereocenters. The lowest BCUT2D eigenvalue weighted by Gasteiger charge is -2.26. The number of hydrazine groups is 1. The van der Waals surface area contributed by atoms with Gasteiger partial charge in [0.25, 0.3) is 5.91 Å². The first-order valence-electron chi connectivity index (χ1n) is 7.42. The Balaban J connectivity index is 1.82. The molecule has 3 rings (SSSR count). The lowest BCUT2D eigenvalue weighted by Crippen LogP contribution is -2.46. The number of urea groups is 1. The van der Waals surface area contributed by atoms with Crippen LogP contribution in [0.15, 0.2) is 18.2 Å². The molecular weight excluding hydrogens is 316 g/mol. The summed E-state index contributed by atoms with van der Waals surface area (Å²) in [5.41, 5.74) is 8.49. The van der Waals surface area contributed by atoms with E-state index < -0.39 is 11.9 Å². The number of aromatic hydroxyl groups is 1. The van der Waals surface area contributed by atoms with E-state index in [-0.39, 0.29) is 11.3 Å². The SMILES string of the molecule is NC(=O)c1c(NC(=O)NN2CCCCC2)sc2cc(O)ccc12. The summed E-state index contributed by atoms with van der Waals surface area (Å²) in [5, 5.41) is 15.1. The van der Waals surface area contributed by atoms with Crippen LogP contribution in [0.25, 0.3) is 10.1 Å². The second kappa shape index (κ2) is 6.43. The number of primary amides is 1. The number of hydrogen-bond acceptors (Lipinski definition) is 5. The van der Waals surface area contributed by atoms with E-state index in [1.54, 1.807) is 12.1 Å². The normalized spacial score (nSPS) is 15.5. The fourth-order valence-corrected chi connectivity index (χ4v) is 3.83. The van der Waals surface area contributed by atoms with Crippen LogP contribution in [0.5, 0.6) is 5.75 Å². The van der Waals surface area contributed by atoms with Crippen molar-refractivity contribution >= 4 is 38.4 Å². The minimum absolute atomic E-state index is 0.0964. The number of nitrogens with one attached hydrogen (secondary N) is 2. The first-order chi connectivity index (χ1) is 11.0. The number of fused-ring (bicyclic) bond motifs is 1. The Morgan fingerprint density at radius 3 is 2.65 bits per heavy atom. The third kappa shape index (κ3) is 3.38. The molecule has 1 fully saturated rings. The van der Waals surface area contributed by atoms with E-state index in [0.717, 1.165) is 25.9 Å². The van der Waals surface area contributed by atoms with Crippen molar-refractivity contribution in [3.8, 4) is 5.75 Å². The number of piperidine rings is 1. The number of nitrogens with zero attached hydrogens (tertiary/aromatic N) is 1. The zero-order chi connectivity index (χ0) is 16.4. The van der Waals surface area contributed by atoms with Crippen molar-refractivity contribution in [2.45, 2.75) is 19.3 Å². The Hall–Kier alpha value is -2.32. The molecule has 1 aliphatic rings. The van der Waals surface area contributed by atoms with Crippen LogP contribution in [0.1, 0.15) is 29.6 Å². The number of hydrogen-bond donors (Lipinski definition) is 4. The molecule has 122 valence electrons. The fraction of sp³-hybridized carbons (Fsp3) is 0.333. The molecule has 1 saturated heterocycles. The fourth-order valence-electron chi connectivity index (χ4n) is 2.70. The summed E-state index contributed by atoms with van der Waals surface area (Å²) in [4.78, 5) is 23.9. The summed E-state index contributed by atoms with van der Waals surface area (Å²) in [6.45, 7) is 1.63. The number of anilines is 1. The van der Waals surface area contributed by atoms with Gasteiger partial charge in [0.15, 0.2) is 0 Å². The highest BCUT2D eigenvalue weighted by molar-refractivity contribution is 7.23. The van der Waals surface area contributed by atoms with Crippen LogP contribution in [-0.4, -0.2) is 35.1 Å². The van der Waals surface area contributed by atoms with Crippen molar-refractivity contribution in [1.82, 2.24) is 10.4 Å². The molecule has 8 heteroatoms. The van der Waals surface area contributed by atoms with Crippen LogP contribution in [0.2, 0.25) is 0 Å². The maximum Gasteiger partial charge on any atom is 0.334 e. The molecule has 2 aromatic rings. The molecule has 3 amide bonds. The predicted molar refractivity (Wildman–Crippen MR) is 89.6 cm³/mol. The quantitative estimate of drug-likeness (QED) is 0.690. The van der Waals surface area contributed by atoms with E-state index in [1.807, 2.05) is 5.01 Å². The number of thiophene rings is 1. The van der Waals surface area contributed by atoms with Crippen molar-refractivity contribution in [3.05, 3.63) is 23.8 Å². The molecular formula is C15H18N4O3S. The molecule has 1 aliphatic heterocycles. The standard InChI is InChI=1S/C15H18N4O3S/c16-13(21)12-10-5-4-9(20)8-11(10)23-14(12)17-15(22)18-19-6-2-1-3-7-19/h4-5,8,20H,1-3,6-7H2,(H2,16,21)(H2,17,18,22). The molecule has 0 bridgehead atoms. The van der Waals surface area contributed by atoms with Crippen LogP contribution < -0.4 is 16.5 Å². The molecule has 5 N–H and O–H groups in total. The Morgan fingerprint density at radius 1 is 1.22 bits per heavy atom. The zero-order valence-corrected chi connectivity index (χ0v) is 13.3. The van der Waals surface area contributed by atoms with Crippen molar-refractivity contribution < 1.29 is 14.7 Å². The highest BCUT2D eigenvalue weighted by atomic mass is 32.1. The first kappa shape index (κ1) is 15.6. The van der Waals surface area contributed by atoms with Gasteiger partial charge in [0.2, 0.25) is 0 Å². The lowest BCUT2D eigenvalue weighted by molar-refractivity contribution is 0.100. The van der Waals surface area contributed by atoms with Crippen molar-refractivity contribution in [3.63, 3.8) is 0 Å². The van der Waals surface area contributed by atoms with E-state index in [1.165, 1.54) is 23.8 Å². The lowest BCUT2D eigenvalue weighted by atomic mass is 10.1. The number of amides is 3. The molecule has 7 nitrogen and oxygen atoms in total. The van der Waals surface area contributed by atoms with Gasteiger partial charge in [-0.15, -0.1) is 11.3 Å². The average Bonchev–Trinajstić information content (AvgIpc) is 2.84. The molecule has 1 aromatic carbocycles. The molecule has 0 radical (unpaired) electrons. The van der Waals surface area contributed by atoms with Gasteiger partial charge in [0, 0.05) is 23.2 Å². The van der Waals surface area contributed by atoms with Crippen LogP contribution in [-0.2, 0) is 0 Å². The van der Waals surface area contributed by atoms with Crippen molar-refractivity contribution in [2.75, 3.05) is 18.4 Å². The molecule has 0 spiro atoms. The number of nitrogens with two attached hydrogens (primary N) is 1. The molecule has 0 aliphatic carbocycles. The maximum absolute atomic E-state index is 12.1. The summed E-state index contributed by atoms with van der Waals surface area (Å²) in [5.74, 6) is -0.519. The Morgan fingerprint density at radius 2 is 1.96 bits per heavy atom. The van der Waals surface area contributed by atoms with E-state index in [2.05, 4.69) is 10.7 Å². The average molecular weight is 334 g/mol. The Labute approximate surface area is 137 Å². The van der Waals surface area contributed by atoms with E-state index >= 15 is 0 Å². The number of phenolic OH excluding ortho intramolecular Hbond substituents is 1. The topological polar surface area (TPSA) is 108 Å². The number of benzene rings is 1. The molecule has 2 heterocycles. The summed E-state index contributed by atoms with van der Waals surface area (Å²) in [7, 11) is 0. The van der Waals surface area contributed by atoms with E-state index in [9.17, 15) is 14.7 Å². The molecule has 0 saturated carbocycles. The van der Waals surface area contributed by atoms with Gasteiger partial charge in [-0.05, 0) is 31.0 Å². The van der Waals surface area contributed by atoms with E-state index in [4.69, 9.17) is 5.73 Å². The number of carbonyl (C=O) groups excluding carboxylic acids is 2. The third-order valence-corrected chi connectivity index (χ3v) is 4.83. The Kier molecular flexibility index (Phi) is 4.35. The first-order valence-corrected chi connectivity index (χ1v) is 8.24. The highest BCUT2D eigenvalue weighted by Crippen LogP contribution is 2.37. The number of phenols is 1. The second-order valence-corrected chi connectivity index (χ2v) is 6.52. The van der Waals surface area contributed by atoms with Crippen molar-refractivity contribution in [1.29, 1.82) is 0 Å². The zero-order valence-electron chi connectivity index (χ0n) is 12.5. The van der Waals surface area contributed by atoms with Gasteiger partial charge >= 0.3 is 6.03 Å². The van der Waals surface area contributed by atoms with Crippen molar-refractivity contribution in [2.24, 2.45) is 5.73 Å². The third-order valence-electron chi connectivity index (χ3n) is 3.76. The second-order valence-electron chi connectivity index (χ2n) is 5.46. The van der Waals surface area contributed by atoms with Crippen LogP contribution in [0.3, 0.4) is 0 Å². The summed E-state index contributed by atoms with van der Waals surface area (Å²) >= 11 is 1.21. The number of rotatable bonds is 3. The Bertz CT molecular complexity index is 753. The summed E-state index contributed by atoms with van der Waals surface area (Å²) < 4.78 is 0.687. The largest absolute Gasteiger partial charge is 0.508 e. The van der Waals surface area contributed by atoms with Crippen LogP contribution >= 0.6 is 11.3 Å². The van der Waals surface area contributed by atoms with Gasteiger partial charge < -0.3 is 10.8 Å². The molecule has 23 heavy (non-hydrogen) atoms. The van der Waals surface area contributed by atoms with Gasteiger partial charge in [-0.25, -0.2) is 9.80 Å². The van der Waals surface area contributed by atoms with Gasteiger partial charge in [-0.1, -0.05) is 6.42 Å².